The summed E-state index contributed by atoms with van der Waals surface area (Å²) in [5, 5.41) is 5.78. The lowest BCUT2D eigenvalue weighted by Crippen LogP contribution is -2.35. The first-order chi connectivity index (χ1) is 10.7. The van der Waals surface area contributed by atoms with Crippen LogP contribution in [0.25, 0.3) is 11.5 Å². The maximum Gasteiger partial charge on any atom is 0.261 e. The second-order valence-corrected chi connectivity index (χ2v) is 4.59. The molecule has 0 bridgehead atoms. The third kappa shape index (κ3) is 5.55. The number of furan rings is 1. The van der Waals surface area contributed by atoms with Crippen LogP contribution < -0.4 is 16.2 Å². The molecule has 0 saturated carbocycles. The van der Waals surface area contributed by atoms with E-state index >= 15 is 0 Å². The number of hydrogen-bond donors (Lipinski definition) is 3. The Bertz CT molecular complexity index is 655. The summed E-state index contributed by atoms with van der Waals surface area (Å²) in [5.41, 5.74) is 0.165. The molecule has 2 rings (SSSR count). The van der Waals surface area contributed by atoms with Gasteiger partial charge in [0.1, 0.15) is 11.3 Å². The van der Waals surface area contributed by atoms with Gasteiger partial charge in [-0.25, -0.2) is 0 Å². The van der Waals surface area contributed by atoms with Crippen LogP contribution in [0.2, 0.25) is 0 Å². The van der Waals surface area contributed by atoms with Crippen molar-refractivity contribution in [2.45, 2.75) is 0 Å². The van der Waals surface area contributed by atoms with Crippen LogP contribution in [0.4, 0.5) is 0 Å². The van der Waals surface area contributed by atoms with E-state index in [2.05, 4.69) is 15.6 Å². The molecular formula is C15H20ClN3O4. The summed E-state index contributed by atoms with van der Waals surface area (Å²) in [7, 11) is 1.63. The van der Waals surface area contributed by atoms with E-state index in [9.17, 15) is 9.59 Å². The number of amides is 1. The van der Waals surface area contributed by atoms with Gasteiger partial charge in [-0.1, -0.05) is 0 Å². The highest BCUT2D eigenvalue weighted by molar-refractivity contribution is 5.94. The molecule has 0 fully saturated rings. The van der Waals surface area contributed by atoms with Crippen molar-refractivity contribution in [1.82, 2.24) is 15.6 Å². The average molecular weight is 342 g/mol. The van der Waals surface area contributed by atoms with Crippen molar-refractivity contribution in [3.8, 4) is 11.5 Å². The fraction of sp³-hybridized carbons (Fsp3) is 0.333. The van der Waals surface area contributed by atoms with Crippen LogP contribution in [0, 0.1) is 0 Å². The van der Waals surface area contributed by atoms with E-state index < -0.39 is 11.5 Å². The lowest BCUT2D eigenvalue weighted by atomic mass is 10.2. The molecule has 126 valence electrons. The van der Waals surface area contributed by atoms with Crippen LogP contribution in [0.1, 0.15) is 10.4 Å². The molecule has 1 amide bonds. The third-order valence-corrected chi connectivity index (χ3v) is 3.01. The number of nitrogens with one attached hydrogen (secondary N) is 3. The van der Waals surface area contributed by atoms with Crippen LogP contribution >= 0.6 is 12.4 Å². The van der Waals surface area contributed by atoms with E-state index in [1.165, 1.54) is 12.3 Å². The van der Waals surface area contributed by atoms with Crippen molar-refractivity contribution in [2.24, 2.45) is 0 Å². The standard InChI is InChI=1S/C15H19N3O4.ClH/c1-21-10-8-16-6-7-17-14(19)11-4-5-12(18-15(11)20)13-3-2-9-22-13;/h2-5,9,16H,6-8,10H2,1H3,(H,17,19)(H,18,20);1H. The maximum absolute atomic E-state index is 12.0. The Morgan fingerprint density at radius 2 is 2.09 bits per heavy atom. The molecule has 0 saturated heterocycles. The molecule has 7 nitrogen and oxygen atoms in total. The highest BCUT2D eigenvalue weighted by atomic mass is 35.5. The van der Waals surface area contributed by atoms with Crippen LogP contribution in [0.15, 0.2) is 39.7 Å². The van der Waals surface area contributed by atoms with Gasteiger partial charge in [0.25, 0.3) is 11.5 Å². The average Bonchev–Trinajstić information content (AvgIpc) is 3.04. The van der Waals surface area contributed by atoms with Crippen LogP contribution in [-0.2, 0) is 4.74 Å². The number of hydrogen-bond acceptors (Lipinski definition) is 5. The zero-order valence-corrected chi connectivity index (χ0v) is 13.6. The Morgan fingerprint density at radius 3 is 2.74 bits per heavy atom. The van der Waals surface area contributed by atoms with Crippen LogP contribution in [-0.4, -0.2) is 44.2 Å². The number of ether oxygens (including phenoxy) is 1. The van der Waals surface area contributed by atoms with Gasteiger partial charge in [0.2, 0.25) is 0 Å². The van der Waals surface area contributed by atoms with Gasteiger partial charge < -0.3 is 24.8 Å². The van der Waals surface area contributed by atoms with Crippen molar-refractivity contribution >= 4 is 18.3 Å². The predicted octanol–water partition coefficient (Wildman–Crippen LogP) is 1.02. The Labute approximate surface area is 139 Å². The molecule has 0 spiro atoms. The summed E-state index contributed by atoms with van der Waals surface area (Å²) >= 11 is 0. The number of carbonyl (C=O) groups excluding carboxylic acids is 1. The normalized spacial score (nSPS) is 10.1. The Hall–Kier alpha value is -2.09. The van der Waals surface area contributed by atoms with Crippen molar-refractivity contribution < 1.29 is 13.9 Å². The number of aromatic amines is 1. The molecular weight excluding hydrogens is 322 g/mol. The summed E-state index contributed by atoms with van der Waals surface area (Å²) in [6.45, 7) is 2.37. The third-order valence-electron chi connectivity index (χ3n) is 3.01. The van der Waals surface area contributed by atoms with Gasteiger partial charge in [0, 0.05) is 26.7 Å². The number of methoxy groups -OCH3 is 1. The Morgan fingerprint density at radius 1 is 1.26 bits per heavy atom. The number of pyridine rings is 1. The van der Waals surface area contributed by atoms with Crippen molar-refractivity contribution in [2.75, 3.05) is 33.4 Å². The molecule has 0 aliphatic heterocycles. The van der Waals surface area contributed by atoms with Crippen molar-refractivity contribution in [3.05, 3.63) is 46.4 Å². The zero-order chi connectivity index (χ0) is 15.8. The van der Waals surface area contributed by atoms with E-state index in [4.69, 9.17) is 9.15 Å². The van der Waals surface area contributed by atoms with Gasteiger partial charge in [0.15, 0.2) is 0 Å². The fourth-order valence-electron chi connectivity index (χ4n) is 1.89. The monoisotopic (exact) mass is 341 g/mol. The summed E-state index contributed by atoms with van der Waals surface area (Å²) < 4.78 is 10.1. The van der Waals surface area contributed by atoms with Crippen LogP contribution in [0.3, 0.4) is 0 Å². The highest BCUT2D eigenvalue weighted by Gasteiger charge is 2.11. The second-order valence-electron chi connectivity index (χ2n) is 4.59. The highest BCUT2D eigenvalue weighted by Crippen LogP contribution is 2.15. The molecule has 0 aliphatic carbocycles. The molecule has 0 aliphatic rings. The van der Waals surface area contributed by atoms with Gasteiger partial charge in [-0.2, -0.15) is 0 Å². The molecule has 3 N–H and O–H groups in total. The molecule has 0 unspecified atom stereocenters. The summed E-state index contributed by atoms with van der Waals surface area (Å²) in [6.07, 6.45) is 1.52. The first kappa shape index (κ1) is 19.0. The number of halogens is 1. The first-order valence-electron chi connectivity index (χ1n) is 6.97. The van der Waals surface area contributed by atoms with E-state index in [-0.39, 0.29) is 18.0 Å². The predicted molar refractivity (Wildman–Crippen MR) is 89.1 cm³/mol. The number of rotatable bonds is 8. The molecule has 0 aromatic carbocycles. The summed E-state index contributed by atoms with van der Waals surface area (Å²) in [6, 6.07) is 6.60. The van der Waals surface area contributed by atoms with E-state index in [0.29, 0.717) is 37.7 Å². The smallest absolute Gasteiger partial charge is 0.261 e. The minimum absolute atomic E-state index is 0. The quantitative estimate of drug-likeness (QED) is 0.623. The largest absolute Gasteiger partial charge is 0.463 e. The van der Waals surface area contributed by atoms with Gasteiger partial charge in [0.05, 0.1) is 18.6 Å². The number of H-pyrrole nitrogens is 1. The van der Waals surface area contributed by atoms with E-state index in [1.807, 2.05) is 0 Å². The minimum Gasteiger partial charge on any atom is -0.463 e. The van der Waals surface area contributed by atoms with Gasteiger partial charge in [-0.05, 0) is 24.3 Å². The summed E-state index contributed by atoms with van der Waals surface area (Å²) in [4.78, 5) is 26.5. The molecule has 8 heteroatoms. The van der Waals surface area contributed by atoms with Crippen LogP contribution in [0.5, 0.6) is 0 Å². The minimum atomic E-state index is -0.446. The molecule has 0 atom stereocenters. The number of carbonyl (C=O) groups is 1. The van der Waals surface area contributed by atoms with E-state index in [1.54, 1.807) is 25.3 Å². The first-order valence-corrected chi connectivity index (χ1v) is 6.97. The number of aromatic nitrogens is 1. The molecule has 23 heavy (non-hydrogen) atoms. The molecule has 0 radical (unpaired) electrons. The molecule has 2 aromatic heterocycles. The molecule has 2 heterocycles. The van der Waals surface area contributed by atoms with Crippen molar-refractivity contribution in [1.29, 1.82) is 0 Å². The lowest BCUT2D eigenvalue weighted by Gasteiger charge is -2.06. The van der Waals surface area contributed by atoms with Gasteiger partial charge >= 0.3 is 0 Å². The fourth-order valence-corrected chi connectivity index (χ4v) is 1.89. The van der Waals surface area contributed by atoms with Gasteiger partial charge in [-0.15, -0.1) is 12.4 Å². The Kier molecular flexibility index (Phi) is 8.10. The SMILES string of the molecule is COCCNCCNC(=O)c1ccc(-c2ccco2)[nH]c1=O.Cl. The zero-order valence-electron chi connectivity index (χ0n) is 12.8. The second kappa shape index (κ2) is 9.83. The van der Waals surface area contributed by atoms with E-state index in [0.717, 1.165) is 0 Å². The summed E-state index contributed by atoms with van der Waals surface area (Å²) in [5.74, 6) is 0.146. The topological polar surface area (TPSA) is 96.4 Å². The van der Waals surface area contributed by atoms with Gasteiger partial charge in [-0.3, -0.25) is 9.59 Å². The maximum atomic E-state index is 12.0. The molecule has 2 aromatic rings. The Balaban J connectivity index is 0.00000264. The van der Waals surface area contributed by atoms with Crippen molar-refractivity contribution in [3.63, 3.8) is 0 Å². The lowest BCUT2D eigenvalue weighted by molar-refractivity contribution is 0.0952.